The molecular formula is C14H21ClN2O2S. The number of halogens is 1. The molecule has 112 valence electrons. The van der Waals surface area contributed by atoms with Gasteiger partial charge in [0.05, 0.1) is 11.5 Å². The predicted octanol–water partition coefficient (Wildman–Crippen LogP) is 1.85. The van der Waals surface area contributed by atoms with Gasteiger partial charge in [0.1, 0.15) is 0 Å². The van der Waals surface area contributed by atoms with Crippen molar-refractivity contribution in [3.05, 3.63) is 28.8 Å². The quantitative estimate of drug-likeness (QED) is 0.924. The van der Waals surface area contributed by atoms with Gasteiger partial charge in [0.25, 0.3) is 0 Å². The summed E-state index contributed by atoms with van der Waals surface area (Å²) in [4.78, 5) is 2.13. The Morgan fingerprint density at radius 1 is 1.50 bits per heavy atom. The Morgan fingerprint density at radius 3 is 2.80 bits per heavy atom. The number of sulfone groups is 1. The molecule has 1 saturated heterocycles. The molecule has 2 N–H and O–H groups in total. The van der Waals surface area contributed by atoms with Gasteiger partial charge in [-0.15, -0.1) is 0 Å². The molecule has 1 aliphatic rings. The van der Waals surface area contributed by atoms with E-state index in [4.69, 9.17) is 17.3 Å². The highest BCUT2D eigenvalue weighted by Crippen LogP contribution is 2.31. The van der Waals surface area contributed by atoms with Gasteiger partial charge in [-0.25, -0.2) is 8.42 Å². The van der Waals surface area contributed by atoms with Crippen LogP contribution in [-0.4, -0.2) is 38.6 Å². The highest BCUT2D eigenvalue weighted by molar-refractivity contribution is 7.91. The second-order valence-electron chi connectivity index (χ2n) is 5.58. The van der Waals surface area contributed by atoms with Crippen molar-refractivity contribution in [2.75, 3.05) is 23.0 Å². The number of hydrogen-bond donors (Lipinski definition) is 1. The third kappa shape index (κ3) is 3.45. The lowest BCUT2D eigenvalue weighted by Crippen LogP contribution is -2.47. The minimum absolute atomic E-state index is 0.0116. The van der Waals surface area contributed by atoms with E-state index < -0.39 is 9.84 Å². The molecule has 0 spiro atoms. The SMILES string of the molecule is CC(N)Cc1c(Cl)cccc1N1CCS(=O)(=O)CC1C. The number of anilines is 1. The zero-order valence-corrected chi connectivity index (χ0v) is 13.4. The zero-order chi connectivity index (χ0) is 14.9. The number of nitrogens with zero attached hydrogens (tertiary/aromatic N) is 1. The van der Waals surface area contributed by atoms with E-state index in [9.17, 15) is 8.42 Å². The summed E-state index contributed by atoms with van der Waals surface area (Å²) in [6.45, 7) is 4.39. The van der Waals surface area contributed by atoms with Crippen LogP contribution in [0.25, 0.3) is 0 Å². The normalized spacial score (nSPS) is 23.6. The molecule has 0 amide bonds. The Bertz CT molecular complexity index is 587. The topological polar surface area (TPSA) is 63.4 Å². The fraction of sp³-hybridized carbons (Fsp3) is 0.571. The van der Waals surface area contributed by atoms with Crippen molar-refractivity contribution in [3.8, 4) is 0 Å². The molecule has 20 heavy (non-hydrogen) atoms. The maximum Gasteiger partial charge on any atom is 0.154 e. The van der Waals surface area contributed by atoms with Crippen LogP contribution < -0.4 is 10.6 Å². The van der Waals surface area contributed by atoms with Gasteiger partial charge in [-0.2, -0.15) is 0 Å². The van der Waals surface area contributed by atoms with E-state index in [2.05, 4.69) is 4.90 Å². The minimum atomic E-state index is -2.92. The van der Waals surface area contributed by atoms with Crippen molar-refractivity contribution in [2.45, 2.75) is 32.4 Å². The van der Waals surface area contributed by atoms with Crippen molar-refractivity contribution in [1.29, 1.82) is 0 Å². The van der Waals surface area contributed by atoms with Crippen LogP contribution >= 0.6 is 11.6 Å². The number of rotatable bonds is 3. The molecular weight excluding hydrogens is 296 g/mol. The van der Waals surface area contributed by atoms with Crippen LogP contribution in [0.2, 0.25) is 5.02 Å². The molecule has 2 unspecified atom stereocenters. The summed E-state index contributed by atoms with van der Waals surface area (Å²) in [6, 6.07) is 5.72. The van der Waals surface area contributed by atoms with Gasteiger partial charge in [-0.1, -0.05) is 17.7 Å². The maximum absolute atomic E-state index is 11.7. The fourth-order valence-corrected chi connectivity index (χ4v) is 4.50. The standard InChI is InChI=1S/C14H21ClN2O2S/c1-10(16)8-12-13(15)4-3-5-14(12)17-6-7-20(18,19)9-11(17)2/h3-5,10-11H,6-9,16H2,1-2H3. The Balaban J connectivity index is 2.35. The third-order valence-corrected chi connectivity index (χ3v) is 5.75. The molecule has 1 aliphatic heterocycles. The number of benzene rings is 1. The molecule has 0 saturated carbocycles. The first-order valence-electron chi connectivity index (χ1n) is 6.80. The van der Waals surface area contributed by atoms with Gasteiger partial charge in [0, 0.05) is 29.3 Å². The van der Waals surface area contributed by atoms with E-state index in [1.807, 2.05) is 32.0 Å². The smallest absolute Gasteiger partial charge is 0.154 e. The summed E-state index contributed by atoms with van der Waals surface area (Å²) in [7, 11) is -2.92. The lowest BCUT2D eigenvalue weighted by atomic mass is 10.0. The largest absolute Gasteiger partial charge is 0.367 e. The van der Waals surface area contributed by atoms with Crippen LogP contribution in [0.5, 0.6) is 0 Å². The average molecular weight is 317 g/mol. The van der Waals surface area contributed by atoms with Crippen LogP contribution in [0.15, 0.2) is 18.2 Å². The van der Waals surface area contributed by atoms with Gasteiger partial charge >= 0.3 is 0 Å². The highest BCUT2D eigenvalue weighted by atomic mass is 35.5. The lowest BCUT2D eigenvalue weighted by Gasteiger charge is -2.36. The fourth-order valence-electron chi connectivity index (χ4n) is 2.70. The summed E-state index contributed by atoms with van der Waals surface area (Å²) < 4.78 is 23.4. The van der Waals surface area contributed by atoms with E-state index in [-0.39, 0.29) is 23.6 Å². The van der Waals surface area contributed by atoms with E-state index >= 15 is 0 Å². The lowest BCUT2D eigenvalue weighted by molar-refractivity contribution is 0.567. The molecule has 4 nitrogen and oxygen atoms in total. The molecule has 1 heterocycles. The molecule has 2 atom stereocenters. The Labute approximate surface area is 125 Å². The van der Waals surface area contributed by atoms with Crippen molar-refractivity contribution < 1.29 is 8.42 Å². The van der Waals surface area contributed by atoms with Gasteiger partial charge < -0.3 is 10.6 Å². The first-order chi connectivity index (χ1) is 9.30. The second kappa shape index (κ2) is 5.92. The minimum Gasteiger partial charge on any atom is -0.367 e. The first kappa shape index (κ1) is 15.6. The first-order valence-corrected chi connectivity index (χ1v) is 9.00. The molecule has 0 radical (unpaired) electrons. The number of hydrogen-bond acceptors (Lipinski definition) is 4. The Hall–Kier alpha value is -0.780. The summed E-state index contributed by atoms with van der Waals surface area (Å²) in [5.41, 5.74) is 7.92. The molecule has 6 heteroatoms. The molecule has 1 fully saturated rings. The summed E-state index contributed by atoms with van der Waals surface area (Å²) in [5, 5.41) is 0.695. The van der Waals surface area contributed by atoms with Gasteiger partial charge in [0.15, 0.2) is 9.84 Å². The number of nitrogens with two attached hydrogens (primary N) is 1. The van der Waals surface area contributed by atoms with Crippen LogP contribution in [0, 0.1) is 0 Å². The van der Waals surface area contributed by atoms with Crippen molar-refractivity contribution >= 4 is 27.1 Å². The predicted molar refractivity (Wildman–Crippen MR) is 84.3 cm³/mol. The van der Waals surface area contributed by atoms with Crippen molar-refractivity contribution in [1.82, 2.24) is 0 Å². The third-order valence-electron chi connectivity index (χ3n) is 3.60. The van der Waals surface area contributed by atoms with Crippen molar-refractivity contribution in [2.24, 2.45) is 5.73 Å². The van der Waals surface area contributed by atoms with Crippen LogP contribution in [-0.2, 0) is 16.3 Å². The molecule has 0 aromatic heterocycles. The monoisotopic (exact) mass is 316 g/mol. The molecule has 1 aromatic rings. The Kier molecular flexibility index (Phi) is 4.62. The Morgan fingerprint density at radius 2 is 2.20 bits per heavy atom. The zero-order valence-electron chi connectivity index (χ0n) is 11.8. The highest BCUT2D eigenvalue weighted by Gasteiger charge is 2.29. The molecule has 2 rings (SSSR count). The second-order valence-corrected chi connectivity index (χ2v) is 8.21. The van der Waals surface area contributed by atoms with Gasteiger partial charge in [-0.3, -0.25) is 0 Å². The molecule has 1 aromatic carbocycles. The van der Waals surface area contributed by atoms with Crippen LogP contribution in [0.4, 0.5) is 5.69 Å². The van der Waals surface area contributed by atoms with E-state index in [0.29, 0.717) is 18.0 Å². The van der Waals surface area contributed by atoms with E-state index in [0.717, 1.165) is 11.3 Å². The average Bonchev–Trinajstić information content (AvgIpc) is 2.31. The van der Waals surface area contributed by atoms with Gasteiger partial charge in [0.2, 0.25) is 0 Å². The van der Waals surface area contributed by atoms with E-state index in [1.165, 1.54) is 0 Å². The van der Waals surface area contributed by atoms with Crippen LogP contribution in [0.3, 0.4) is 0 Å². The molecule has 0 bridgehead atoms. The summed E-state index contributed by atoms with van der Waals surface area (Å²) >= 11 is 6.30. The maximum atomic E-state index is 11.7. The van der Waals surface area contributed by atoms with Gasteiger partial charge in [-0.05, 0) is 38.0 Å². The van der Waals surface area contributed by atoms with E-state index in [1.54, 1.807) is 0 Å². The van der Waals surface area contributed by atoms with Crippen LogP contribution in [0.1, 0.15) is 19.4 Å². The summed E-state index contributed by atoms with van der Waals surface area (Å²) in [5.74, 6) is 0.388. The van der Waals surface area contributed by atoms with Crippen molar-refractivity contribution in [3.63, 3.8) is 0 Å². The summed E-state index contributed by atoms with van der Waals surface area (Å²) in [6.07, 6.45) is 0.685. The molecule has 0 aliphatic carbocycles.